The Kier molecular flexibility index (Phi) is 4.12. The highest BCUT2D eigenvalue weighted by Crippen LogP contribution is 2.35. The van der Waals surface area contributed by atoms with Gasteiger partial charge in [-0.1, -0.05) is 11.6 Å². The summed E-state index contributed by atoms with van der Waals surface area (Å²) in [7, 11) is 0. The average Bonchev–Trinajstić information content (AvgIpc) is 2.52. The van der Waals surface area contributed by atoms with E-state index in [2.05, 4.69) is 4.98 Å². The Bertz CT molecular complexity index is 886. The number of halogens is 2. The molecule has 0 bridgehead atoms. The summed E-state index contributed by atoms with van der Waals surface area (Å²) >= 11 is 8.15. The maximum atomic E-state index is 10.8. The van der Waals surface area contributed by atoms with Crippen LogP contribution in [-0.4, -0.2) is 9.91 Å². The van der Waals surface area contributed by atoms with Crippen LogP contribution in [0.15, 0.2) is 48.7 Å². The van der Waals surface area contributed by atoms with Crippen molar-refractivity contribution >= 4 is 50.8 Å². The first kappa shape index (κ1) is 15.0. The first-order chi connectivity index (χ1) is 10.6. The monoisotopic (exact) mass is 426 g/mol. The molecule has 1 heterocycles. The van der Waals surface area contributed by atoms with Crippen molar-refractivity contribution in [2.45, 2.75) is 0 Å². The first-order valence-corrected chi connectivity index (χ1v) is 7.67. The Balaban J connectivity index is 2.04. The Morgan fingerprint density at radius 1 is 1.18 bits per heavy atom. The fourth-order valence-corrected chi connectivity index (χ4v) is 2.82. The van der Waals surface area contributed by atoms with Gasteiger partial charge in [-0.15, -0.1) is 0 Å². The third kappa shape index (κ3) is 2.84. The Morgan fingerprint density at radius 2 is 1.95 bits per heavy atom. The molecule has 0 aliphatic rings. The van der Waals surface area contributed by atoms with Gasteiger partial charge in [0.2, 0.25) is 0 Å². The van der Waals surface area contributed by atoms with E-state index < -0.39 is 4.92 Å². The fraction of sp³-hybridized carbons (Fsp3) is 0. The van der Waals surface area contributed by atoms with E-state index in [9.17, 15) is 10.1 Å². The number of benzene rings is 2. The standard InChI is InChI=1S/C15H8ClIN2O3/c16-11-4-6-14(15-10(11)2-1-7-18-15)22-13-5-3-9(19(20)21)8-12(13)17/h1-8H. The number of pyridine rings is 1. The smallest absolute Gasteiger partial charge is 0.270 e. The molecule has 3 aromatic rings. The zero-order valence-electron chi connectivity index (χ0n) is 11.0. The van der Waals surface area contributed by atoms with E-state index in [1.165, 1.54) is 12.1 Å². The van der Waals surface area contributed by atoms with Crippen LogP contribution in [0.4, 0.5) is 5.69 Å². The lowest BCUT2D eigenvalue weighted by Gasteiger charge is -2.10. The van der Waals surface area contributed by atoms with Gasteiger partial charge < -0.3 is 4.74 Å². The molecule has 7 heteroatoms. The van der Waals surface area contributed by atoms with Crippen LogP contribution in [0.1, 0.15) is 0 Å². The van der Waals surface area contributed by atoms with Gasteiger partial charge in [-0.2, -0.15) is 0 Å². The van der Waals surface area contributed by atoms with Crippen molar-refractivity contribution < 1.29 is 9.66 Å². The van der Waals surface area contributed by atoms with Crippen molar-refractivity contribution in [2.24, 2.45) is 0 Å². The summed E-state index contributed by atoms with van der Waals surface area (Å²) in [4.78, 5) is 14.6. The van der Waals surface area contributed by atoms with E-state index in [0.717, 1.165) is 5.39 Å². The SMILES string of the molecule is O=[N+]([O-])c1ccc(Oc2ccc(Cl)c3cccnc23)c(I)c1. The van der Waals surface area contributed by atoms with E-state index in [-0.39, 0.29) is 5.69 Å². The average molecular weight is 427 g/mol. The molecule has 0 aliphatic carbocycles. The number of nitrogens with zero attached hydrogens (tertiary/aromatic N) is 2. The molecular formula is C15H8ClIN2O3. The molecule has 0 saturated heterocycles. The molecule has 3 rings (SSSR count). The molecule has 2 aromatic carbocycles. The third-order valence-corrected chi connectivity index (χ3v) is 4.20. The molecule has 0 fully saturated rings. The van der Waals surface area contributed by atoms with Crippen LogP contribution in [0.3, 0.4) is 0 Å². The molecule has 22 heavy (non-hydrogen) atoms. The second-order valence-electron chi connectivity index (χ2n) is 4.42. The summed E-state index contributed by atoms with van der Waals surface area (Å²) in [6.07, 6.45) is 1.66. The van der Waals surface area contributed by atoms with E-state index in [1.54, 1.807) is 30.5 Å². The lowest BCUT2D eigenvalue weighted by molar-refractivity contribution is -0.385. The minimum atomic E-state index is -0.439. The maximum Gasteiger partial charge on any atom is 0.270 e. The van der Waals surface area contributed by atoms with Gasteiger partial charge in [0, 0.05) is 23.7 Å². The lowest BCUT2D eigenvalue weighted by Crippen LogP contribution is -1.93. The quantitative estimate of drug-likeness (QED) is 0.328. The molecule has 0 amide bonds. The van der Waals surface area contributed by atoms with Crippen molar-refractivity contribution in [3.63, 3.8) is 0 Å². The number of non-ortho nitro benzene ring substituents is 1. The van der Waals surface area contributed by atoms with Gasteiger partial charge in [-0.25, -0.2) is 0 Å². The molecule has 0 saturated carbocycles. The van der Waals surface area contributed by atoms with Gasteiger partial charge in [-0.3, -0.25) is 15.1 Å². The zero-order chi connectivity index (χ0) is 15.7. The number of hydrogen-bond donors (Lipinski definition) is 0. The van der Waals surface area contributed by atoms with E-state index in [1.807, 2.05) is 28.7 Å². The summed E-state index contributed by atoms with van der Waals surface area (Å²) < 4.78 is 6.51. The highest BCUT2D eigenvalue weighted by atomic mass is 127. The number of rotatable bonds is 3. The predicted octanol–water partition coefficient (Wildman–Crippen LogP) is 5.19. The molecule has 5 nitrogen and oxygen atoms in total. The highest BCUT2D eigenvalue weighted by Gasteiger charge is 2.13. The molecule has 110 valence electrons. The fourth-order valence-electron chi connectivity index (χ4n) is 2.00. The van der Waals surface area contributed by atoms with Crippen molar-refractivity contribution in [1.29, 1.82) is 0 Å². The van der Waals surface area contributed by atoms with Crippen molar-refractivity contribution in [1.82, 2.24) is 4.98 Å². The van der Waals surface area contributed by atoms with Gasteiger partial charge >= 0.3 is 0 Å². The summed E-state index contributed by atoms with van der Waals surface area (Å²) in [6, 6.07) is 11.6. The summed E-state index contributed by atoms with van der Waals surface area (Å²) in [5.74, 6) is 1.08. The second kappa shape index (κ2) is 6.05. The summed E-state index contributed by atoms with van der Waals surface area (Å²) in [5, 5.41) is 12.2. The molecule has 0 unspecified atom stereocenters. The largest absolute Gasteiger partial charge is 0.454 e. The molecule has 0 atom stereocenters. The number of nitro groups is 1. The molecule has 0 radical (unpaired) electrons. The van der Waals surface area contributed by atoms with Gasteiger partial charge in [0.1, 0.15) is 11.3 Å². The minimum Gasteiger partial charge on any atom is -0.454 e. The number of hydrogen-bond acceptors (Lipinski definition) is 4. The van der Waals surface area contributed by atoms with Gasteiger partial charge in [-0.05, 0) is 52.9 Å². The van der Waals surface area contributed by atoms with Crippen LogP contribution in [0.25, 0.3) is 10.9 Å². The number of fused-ring (bicyclic) bond motifs is 1. The van der Waals surface area contributed by atoms with Gasteiger partial charge in [0.05, 0.1) is 13.5 Å². The van der Waals surface area contributed by atoms with Gasteiger partial charge in [0.25, 0.3) is 5.69 Å². The van der Waals surface area contributed by atoms with Crippen LogP contribution in [0.5, 0.6) is 11.5 Å². The molecular weight excluding hydrogens is 419 g/mol. The normalized spacial score (nSPS) is 10.6. The second-order valence-corrected chi connectivity index (χ2v) is 5.99. The van der Waals surface area contributed by atoms with Gasteiger partial charge in [0.15, 0.2) is 5.75 Å². The van der Waals surface area contributed by atoms with E-state index >= 15 is 0 Å². The molecule has 0 N–H and O–H groups in total. The van der Waals surface area contributed by atoms with E-state index in [4.69, 9.17) is 16.3 Å². The molecule has 0 spiro atoms. The van der Waals surface area contributed by atoms with Crippen LogP contribution in [-0.2, 0) is 0 Å². The Hall–Kier alpha value is -1.93. The van der Waals surface area contributed by atoms with Crippen molar-refractivity contribution in [3.05, 3.63) is 67.4 Å². The van der Waals surface area contributed by atoms with E-state index in [0.29, 0.717) is 25.6 Å². The zero-order valence-corrected chi connectivity index (χ0v) is 13.9. The maximum absolute atomic E-state index is 10.8. The summed E-state index contributed by atoms with van der Waals surface area (Å²) in [6.45, 7) is 0. The first-order valence-electron chi connectivity index (χ1n) is 6.21. The summed E-state index contributed by atoms with van der Waals surface area (Å²) in [5.41, 5.74) is 0.667. The lowest BCUT2D eigenvalue weighted by atomic mass is 10.2. The Morgan fingerprint density at radius 3 is 2.68 bits per heavy atom. The minimum absolute atomic E-state index is 0.0239. The van der Waals surface area contributed by atoms with Crippen LogP contribution >= 0.6 is 34.2 Å². The Labute approximate surface area is 144 Å². The number of aromatic nitrogens is 1. The third-order valence-electron chi connectivity index (χ3n) is 3.03. The number of nitro benzene ring substituents is 1. The molecule has 1 aromatic heterocycles. The van der Waals surface area contributed by atoms with Crippen molar-refractivity contribution in [3.8, 4) is 11.5 Å². The number of ether oxygens (including phenoxy) is 1. The predicted molar refractivity (Wildman–Crippen MR) is 92.6 cm³/mol. The molecule has 0 aliphatic heterocycles. The topological polar surface area (TPSA) is 65.3 Å². The van der Waals surface area contributed by atoms with Crippen molar-refractivity contribution in [2.75, 3.05) is 0 Å². The van der Waals surface area contributed by atoms with Crippen LogP contribution < -0.4 is 4.74 Å². The highest BCUT2D eigenvalue weighted by molar-refractivity contribution is 14.1. The van der Waals surface area contributed by atoms with Crippen LogP contribution in [0.2, 0.25) is 5.02 Å². The van der Waals surface area contributed by atoms with Crippen LogP contribution in [0, 0.1) is 13.7 Å².